The van der Waals surface area contributed by atoms with Gasteiger partial charge in [0.25, 0.3) is 0 Å². The number of carbonyl (C=O) groups excluding carboxylic acids is 1. The van der Waals surface area contributed by atoms with E-state index in [1.54, 1.807) is 25.0 Å². The first-order valence-electron chi connectivity index (χ1n) is 6.02. The quantitative estimate of drug-likeness (QED) is 0.907. The predicted molar refractivity (Wildman–Crippen MR) is 73.0 cm³/mol. The number of hydrogen-bond acceptors (Lipinski definition) is 3. The molecule has 100 valence electrons. The number of likely N-dealkylation sites (N-methyl/N-ethyl adjacent to an activating group) is 1. The van der Waals surface area contributed by atoms with Crippen LogP contribution in [-0.2, 0) is 11.3 Å². The Bertz CT molecular complexity index is 590. The maximum absolute atomic E-state index is 11.3. The number of aryl methyl sites for hydroxylation is 1. The molecule has 0 saturated heterocycles. The second-order valence-corrected chi connectivity index (χ2v) is 4.28. The van der Waals surface area contributed by atoms with Crippen LogP contribution in [0.1, 0.15) is 5.56 Å². The molecule has 1 N–H and O–H groups in total. The lowest BCUT2D eigenvalue weighted by Crippen LogP contribution is -2.23. The van der Waals surface area contributed by atoms with Crippen LogP contribution < -0.4 is 10.1 Å². The largest absolute Gasteiger partial charge is 0.496 e. The fraction of sp³-hybridized carbons (Fsp3) is 0.286. The fourth-order valence-electron chi connectivity index (χ4n) is 1.88. The van der Waals surface area contributed by atoms with Gasteiger partial charge in [0.2, 0.25) is 5.91 Å². The zero-order valence-electron chi connectivity index (χ0n) is 11.3. The number of ether oxygens (including phenoxy) is 1. The van der Waals surface area contributed by atoms with Gasteiger partial charge in [-0.15, -0.1) is 0 Å². The van der Waals surface area contributed by atoms with Gasteiger partial charge in [-0.3, -0.25) is 9.48 Å². The first kappa shape index (κ1) is 13.1. The minimum absolute atomic E-state index is 0.0689. The Morgan fingerprint density at radius 2 is 2.21 bits per heavy atom. The number of methoxy groups -OCH3 is 1. The third-order valence-corrected chi connectivity index (χ3v) is 2.95. The molecule has 0 unspecified atom stereocenters. The molecule has 5 heteroatoms. The van der Waals surface area contributed by atoms with Gasteiger partial charge >= 0.3 is 0 Å². The highest BCUT2D eigenvalue weighted by Crippen LogP contribution is 2.25. The van der Waals surface area contributed by atoms with Crippen LogP contribution in [0, 0.1) is 6.92 Å². The van der Waals surface area contributed by atoms with Crippen molar-refractivity contribution in [2.24, 2.45) is 0 Å². The molecule has 1 heterocycles. The maximum atomic E-state index is 11.3. The molecule has 0 aliphatic heterocycles. The Kier molecular flexibility index (Phi) is 3.85. The molecule has 5 nitrogen and oxygen atoms in total. The number of hydrogen-bond donors (Lipinski definition) is 1. The van der Waals surface area contributed by atoms with Crippen LogP contribution in [0.4, 0.5) is 0 Å². The van der Waals surface area contributed by atoms with Crippen molar-refractivity contribution >= 4 is 5.91 Å². The minimum Gasteiger partial charge on any atom is -0.496 e. The van der Waals surface area contributed by atoms with E-state index in [0.29, 0.717) is 0 Å². The van der Waals surface area contributed by atoms with Crippen molar-refractivity contribution in [3.63, 3.8) is 0 Å². The molecule has 2 aromatic rings. The van der Waals surface area contributed by atoms with Crippen molar-refractivity contribution in [3.05, 3.63) is 36.2 Å². The monoisotopic (exact) mass is 259 g/mol. The normalized spacial score (nSPS) is 10.3. The Hall–Kier alpha value is -2.30. The van der Waals surface area contributed by atoms with Gasteiger partial charge in [-0.2, -0.15) is 5.10 Å². The summed E-state index contributed by atoms with van der Waals surface area (Å²) in [6.45, 7) is 2.23. The van der Waals surface area contributed by atoms with Crippen LogP contribution in [0.15, 0.2) is 30.6 Å². The van der Waals surface area contributed by atoms with E-state index in [4.69, 9.17) is 4.74 Å². The van der Waals surface area contributed by atoms with E-state index in [1.807, 2.05) is 31.3 Å². The number of amides is 1. The van der Waals surface area contributed by atoms with Crippen LogP contribution in [0.5, 0.6) is 5.75 Å². The zero-order chi connectivity index (χ0) is 13.8. The molecule has 0 saturated carbocycles. The summed E-state index contributed by atoms with van der Waals surface area (Å²) in [5.41, 5.74) is 3.11. The average molecular weight is 259 g/mol. The Balaban J connectivity index is 2.23. The topological polar surface area (TPSA) is 56.2 Å². The van der Waals surface area contributed by atoms with E-state index in [0.717, 1.165) is 22.4 Å². The third kappa shape index (κ3) is 2.93. The van der Waals surface area contributed by atoms with Crippen LogP contribution >= 0.6 is 0 Å². The second kappa shape index (κ2) is 5.56. The van der Waals surface area contributed by atoms with E-state index >= 15 is 0 Å². The number of aromatic nitrogens is 2. The van der Waals surface area contributed by atoms with Gasteiger partial charge in [-0.25, -0.2) is 0 Å². The summed E-state index contributed by atoms with van der Waals surface area (Å²) in [6, 6.07) is 5.95. The molecular weight excluding hydrogens is 242 g/mol. The number of nitrogens with one attached hydrogen (secondary N) is 1. The molecule has 0 fully saturated rings. The molecule has 2 rings (SSSR count). The van der Waals surface area contributed by atoms with Gasteiger partial charge in [0.15, 0.2) is 0 Å². The summed E-state index contributed by atoms with van der Waals surface area (Å²) < 4.78 is 6.85. The molecular formula is C14H17N3O2. The molecule has 19 heavy (non-hydrogen) atoms. The number of rotatable bonds is 4. The van der Waals surface area contributed by atoms with Crippen LogP contribution in [0.25, 0.3) is 11.1 Å². The molecule has 0 spiro atoms. The standard InChI is InChI=1S/C14H17N3O2/c1-10-6-11(4-5-13(10)19-3)12-7-16-17(8-12)9-14(18)15-2/h4-8H,9H2,1-3H3,(H,15,18). The third-order valence-electron chi connectivity index (χ3n) is 2.95. The molecule has 0 radical (unpaired) electrons. The summed E-state index contributed by atoms with van der Waals surface area (Å²) in [6.07, 6.45) is 3.61. The molecule has 0 bridgehead atoms. The smallest absolute Gasteiger partial charge is 0.241 e. The van der Waals surface area contributed by atoms with Crippen molar-refractivity contribution in [1.29, 1.82) is 0 Å². The van der Waals surface area contributed by atoms with E-state index in [-0.39, 0.29) is 12.5 Å². The maximum Gasteiger partial charge on any atom is 0.241 e. The van der Waals surface area contributed by atoms with E-state index < -0.39 is 0 Å². The molecule has 0 aliphatic rings. The van der Waals surface area contributed by atoms with E-state index in [9.17, 15) is 4.79 Å². The first-order chi connectivity index (χ1) is 9.13. The number of carbonyl (C=O) groups is 1. The highest BCUT2D eigenvalue weighted by Gasteiger charge is 2.06. The number of benzene rings is 1. The molecule has 1 aromatic carbocycles. The van der Waals surface area contributed by atoms with Crippen molar-refractivity contribution in [3.8, 4) is 16.9 Å². The molecule has 0 aliphatic carbocycles. The van der Waals surface area contributed by atoms with Crippen molar-refractivity contribution in [2.45, 2.75) is 13.5 Å². The molecule has 1 amide bonds. The lowest BCUT2D eigenvalue weighted by atomic mass is 10.1. The Morgan fingerprint density at radius 1 is 1.42 bits per heavy atom. The lowest BCUT2D eigenvalue weighted by Gasteiger charge is -2.05. The predicted octanol–water partition coefficient (Wildman–Crippen LogP) is 1.61. The van der Waals surface area contributed by atoms with Gasteiger partial charge in [0, 0.05) is 18.8 Å². The average Bonchev–Trinajstić information content (AvgIpc) is 2.87. The van der Waals surface area contributed by atoms with Crippen LogP contribution in [-0.4, -0.2) is 29.8 Å². The summed E-state index contributed by atoms with van der Waals surface area (Å²) in [5, 5.41) is 6.75. The van der Waals surface area contributed by atoms with Crippen molar-refractivity contribution < 1.29 is 9.53 Å². The van der Waals surface area contributed by atoms with Crippen molar-refractivity contribution in [1.82, 2.24) is 15.1 Å². The van der Waals surface area contributed by atoms with Crippen LogP contribution in [0.3, 0.4) is 0 Å². The van der Waals surface area contributed by atoms with Gasteiger partial charge in [0.1, 0.15) is 12.3 Å². The highest BCUT2D eigenvalue weighted by atomic mass is 16.5. The second-order valence-electron chi connectivity index (χ2n) is 4.28. The fourth-order valence-corrected chi connectivity index (χ4v) is 1.88. The summed E-state index contributed by atoms with van der Waals surface area (Å²) >= 11 is 0. The first-order valence-corrected chi connectivity index (χ1v) is 6.02. The molecule has 0 atom stereocenters. The van der Waals surface area contributed by atoms with E-state index in [2.05, 4.69) is 10.4 Å². The summed E-state index contributed by atoms with van der Waals surface area (Å²) in [4.78, 5) is 11.3. The SMILES string of the molecule is CNC(=O)Cn1cc(-c2ccc(OC)c(C)c2)cn1. The summed E-state index contributed by atoms with van der Waals surface area (Å²) in [5.74, 6) is 0.794. The minimum atomic E-state index is -0.0689. The highest BCUT2D eigenvalue weighted by molar-refractivity contribution is 5.75. The van der Waals surface area contributed by atoms with Crippen molar-refractivity contribution in [2.75, 3.05) is 14.2 Å². The number of nitrogens with zero attached hydrogens (tertiary/aromatic N) is 2. The molecule has 1 aromatic heterocycles. The van der Waals surface area contributed by atoms with Crippen LogP contribution in [0.2, 0.25) is 0 Å². The van der Waals surface area contributed by atoms with Gasteiger partial charge in [-0.05, 0) is 30.2 Å². The zero-order valence-corrected chi connectivity index (χ0v) is 11.3. The summed E-state index contributed by atoms with van der Waals surface area (Å²) in [7, 11) is 3.27. The lowest BCUT2D eigenvalue weighted by molar-refractivity contribution is -0.121. The van der Waals surface area contributed by atoms with E-state index in [1.165, 1.54) is 0 Å². The Morgan fingerprint density at radius 3 is 2.84 bits per heavy atom. The van der Waals surface area contributed by atoms with Gasteiger partial charge < -0.3 is 10.1 Å². The Labute approximate surface area is 112 Å². The van der Waals surface area contributed by atoms with Gasteiger partial charge in [0.05, 0.1) is 13.3 Å². The van der Waals surface area contributed by atoms with Gasteiger partial charge in [-0.1, -0.05) is 6.07 Å².